The lowest BCUT2D eigenvalue weighted by atomic mass is 10.1. The Morgan fingerprint density at radius 1 is 1.16 bits per heavy atom. The predicted octanol–water partition coefficient (Wildman–Crippen LogP) is 3.50. The number of nitrogens with zero attached hydrogens (tertiary/aromatic N) is 2. The Balaban J connectivity index is 2.03. The normalized spacial score (nSPS) is 11.7. The largest absolute Gasteiger partial charge is 0.465 e. The van der Waals surface area contributed by atoms with E-state index >= 15 is 0 Å². The third-order valence-electron chi connectivity index (χ3n) is 4.60. The van der Waals surface area contributed by atoms with Crippen molar-refractivity contribution in [1.29, 1.82) is 5.26 Å². The van der Waals surface area contributed by atoms with E-state index in [0.717, 1.165) is 0 Å². The Bertz CT molecular complexity index is 1350. The molecule has 32 heavy (non-hydrogen) atoms. The van der Waals surface area contributed by atoms with Crippen molar-refractivity contribution >= 4 is 44.4 Å². The number of amides is 1. The van der Waals surface area contributed by atoms with E-state index in [1.54, 1.807) is 48.0 Å². The van der Waals surface area contributed by atoms with E-state index in [0.29, 0.717) is 22.2 Å². The molecule has 1 N–H and O–H groups in total. The van der Waals surface area contributed by atoms with Gasteiger partial charge >= 0.3 is 5.97 Å². The summed E-state index contributed by atoms with van der Waals surface area (Å²) in [5.41, 5.74) is 1.64. The molecule has 8 nitrogen and oxygen atoms in total. The summed E-state index contributed by atoms with van der Waals surface area (Å²) in [7, 11) is -4.10. The summed E-state index contributed by atoms with van der Waals surface area (Å²) in [6.07, 6.45) is 2.91. The summed E-state index contributed by atoms with van der Waals surface area (Å²) in [6, 6.07) is 14.5. The molecule has 0 atom stereocenters. The molecule has 164 valence electrons. The van der Waals surface area contributed by atoms with Gasteiger partial charge in [0.25, 0.3) is 0 Å². The molecule has 0 aliphatic carbocycles. The van der Waals surface area contributed by atoms with E-state index in [9.17, 15) is 23.3 Å². The molecule has 1 amide bonds. The van der Waals surface area contributed by atoms with Gasteiger partial charge in [-0.25, -0.2) is 8.42 Å². The Hall–Kier alpha value is -3.90. The molecule has 1 aromatic heterocycles. The van der Waals surface area contributed by atoms with Gasteiger partial charge in [0.15, 0.2) is 0 Å². The smallest absolute Gasteiger partial charge is 0.325 e. The maximum Gasteiger partial charge on any atom is 0.325 e. The lowest BCUT2D eigenvalue weighted by molar-refractivity contribution is -0.143. The van der Waals surface area contributed by atoms with E-state index < -0.39 is 20.7 Å². The predicted molar refractivity (Wildman–Crippen MR) is 120 cm³/mol. The van der Waals surface area contributed by atoms with Crippen LogP contribution in [0.4, 0.5) is 5.69 Å². The molecule has 0 aliphatic rings. The van der Waals surface area contributed by atoms with Crippen LogP contribution in [0.3, 0.4) is 0 Å². The van der Waals surface area contributed by atoms with Crippen LogP contribution in [0.2, 0.25) is 0 Å². The van der Waals surface area contributed by atoms with Gasteiger partial charge in [-0.05, 0) is 43.3 Å². The topological polar surface area (TPSA) is 118 Å². The Morgan fingerprint density at radius 3 is 2.47 bits per heavy atom. The highest BCUT2D eigenvalue weighted by atomic mass is 32.2. The number of allylic oxidation sites excluding steroid dienone is 1. The average Bonchev–Trinajstić information content (AvgIpc) is 3.09. The van der Waals surface area contributed by atoms with E-state index in [4.69, 9.17) is 4.74 Å². The van der Waals surface area contributed by atoms with Crippen LogP contribution in [-0.4, -0.2) is 31.5 Å². The Labute approximate surface area is 185 Å². The lowest BCUT2D eigenvalue weighted by Crippen LogP contribution is -2.12. The number of ether oxygens (including phenoxy) is 1. The molecule has 3 rings (SSSR count). The highest BCUT2D eigenvalue weighted by molar-refractivity contribution is 7.95. The Kier molecular flexibility index (Phi) is 6.76. The summed E-state index contributed by atoms with van der Waals surface area (Å²) >= 11 is 0. The number of aromatic nitrogens is 1. The zero-order valence-electron chi connectivity index (χ0n) is 17.5. The van der Waals surface area contributed by atoms with Crippen LogP contribution in [0.5, 0.6) is 0 Å². The number of fused-ring (bicyclic) bond motifs is 1. The van der Waals surface area contributed by atoms with Crippen molar-refractivity contribution in [3.05, 3.63) is 65.2 Å². The molecule has 3 aromatic rings. The number of esters is 1. The van der Waals surface area contributed by atoms with Crippen molar-refractivity contribution in [1.82, 2.24) is 4.57 Å². The first-order valence-electron chi connectivity index (χ1n) is 9.74. The standard InChI is InChI=1S/C23H21N3O5S/c1-3-31-23(28)15-26-14-17(21-6-4-5-7-22(21)26)12-20(13-24)32(29,30)19-10-8-18(9-11-19)25-16(2)27/h4-12,14H,3,15H2,1-2H3,(H,25,27)/b20-12+. The van der Waals surface area contributed by atoms with Gasteiger partial charge in [-0.2, -0.15) is 5.26 Å². The van der Waals surface area contributed by atoms with Gasteiger partial charge in [0, 0.05) is 35.3 Å². The maximum absolute atomic E-state index is 13.0. The summed E-state index contributed by atoms with van der Waals surface area (Å²) in [4.78, 5) is 22.6. The lowest BCUT2D eigenvalue weighted by Gasteiger charge is -2.05. The fraction of sp³-hybridized carbons (Fsp3) is 0.174. The highest BCUT2D eigenvalue weighted by Crippen LogP contribution is 2.27. The minimum atomic E-state index is -4.10. The van der Waals surface area contributed by atoms with Crippen molar-refractivity contribution in [2.45, 2.75) is 25.3 Å². The zero-order chi connectivity index (χ0) is 23.3. The minimum absolute atomic E-state index is 0.0402. The minimum Gasteiger partial charge on any atom is -0.465 e. The third-order valence-corrected chi connectivity index (χ3v) is 6.28. The molecule has 0 spiro atoms. The molecule has 9 heteroatoms. The second-order valence-corrected chi connectivity index (χ2v) is 8.78. The van der Waals surface area contributed by atoms with Crippen LogP contribution in [0.1, 0.15) is 19.4 Å². The quantitative estimate of drug-likeness (QED) is 0.434. The van der Waals surface area contributed by atoms with E-state index in [2.05, 4.69) is 5.32 Å². The molecule has 0 fully saturated rings. The number of hydrogen-bond acceptors (Lipinski definition) is 6. The van der Waals surface area contributed by atoms with Crippen molar-refractivity contribution < 1.29 is 22.7 Å². The molecule has 0 saturated heterocycles. The van der Waals surface area contributed by atoms with Gasteiger partial charge in [-0.1, -0.05) is 18.2 Å². The van der Waals surface area contributed by atoms with Gasteiger partial charge in [-0.3, -0.25) is 9.59 Å². The molecule has 0 unspecified atom stereocenters. The molecule has 0 radical (unpaired) electrons. The monoisotopic (exact) mass is 451 g/mol. The van der Waals surface area contributed by atoms with Crippen molar-refractivity contribution in [2.75, 3.05) is 11.9 Å². The van der Waals surface area contributed by atoms with Gasteiger partial charge in [0.05, 0.1) is 11.5 Å². The van der Waals surface area contributed by atoms with E-state index in [1.165, 1.54) is 37.3 Å². The Morgan fingerprint density at radius 2 is 1.84 bits per heavy atom. The maximum atomic E-state index is 13.0. The number of nitriles is 1. The molecule has 0 bridgehead atoms. The summed E-state index contributed by atoms with van der Waals surface area (Å²) in [5, 5.41) is 12.9. The van der Waals surface area contributed by atoms with Crippen molar-refractivity contribution in [3.8, 4) is 6.07 Å². The number of benzene rings is 2. The molecule has 1 heterocycles. The fourth-order valence-electron chi connectivity index (χ4n) is 3.23. The van der Waals surface area contributed by atoms with Gasteiger partial charge < -0.3 is 14.6 Å². The molecule has 0 saturated carbocycles. The second kappa shape index (κ2) is 9.49. The number of hydrogen-bond donors (Lipinski definition) is 1. The van der Waals surface area contributed by atoms with Crippen LogP contribution >= 0.6 is 0 Å². The van der Waals surface area contributed by atoms with E-state index in [1.807, 2.05) is 0 Å². The first kappa shape index (κ1) is 22.8. The zero-order valence-corrected chi connectivity index (χ0v) is 18.3. The molecule has 0 aliphatic heterocycles. The number of nitrogens with one attached hydrogen (secondary N) is 1. The number of anilines is 1. The SMILES string of the molecule is CCOC(=O)Cn1cc(/C=C(\C#N)S(=O)(=O)c2ccc(NC(C)=O)cc2)c2ccccc21. The van der Waals surface area contributed by atoms with E-state index in [-0.39, 0.29) is 24.0 Å². The summed E-state index contributed by atoms with van der Waals surface area (Å²) in [6.45, 7) is 3.27. The van der Waals surface area contributed by atoms with Gasteiger partial charge in [-0.15, -0.1) is 0 Å². The average molecular weight is 452 g/mol. The number of para-hydroxylation sites is 1. The van der Waals surface area contributed by atoms with Crippen LogP contribution in [0, 0.1) is 11.3 Å². The van der Waals surface area contributed by atoms with Crippen LogP contribution in [0.15, 0.2) is 64.5 Å². The first-order valence-corrected chi connectivity index (χ1v) is 11.2. The molecular formula is C23H21N3O5S. The summed E-state index contributed by atoms with van der Waals surface area (Å²) in [5.74, 6) is -0.700. The van der Waals surface area contributed by atoms with Gasteiger partial charge in [0.2, 0.25) is 15.7 Å². The highest BCUT2D eigenvalue weighted by Gasteiger charge is 2.22. The molecular weight excluding hydrogens is 430 g/mol. The number of sulfone groups is 1. The fourth-order valence-corrected chi connectivity index (χ4v) is 4.38. The summed E-state index contributed by atoms with van der Waals surface area (Å²) < 4.78 is 32.8. The van der Waals surface area contributed by atoms with Crippen LogP contribution in [-0.2, 0) is 30.7 Å². The van der Waals surface area contributed by atoms with Crippen molar-refractivity contribution in [2.24, 2.45) is 0 Å². The second-order valence-electron chi connectivity index (χ2n) is 6.86. The van der Waals surface area contributed by atoms with Crippen molar-refractivity contribution in [3.63, 3.8) is 0 Å². The van der Waals surface area contributed by atoms with Gasteiger partial charge in [0.1, 0.15) is 17.5 Å². The number of rotatable bonds is 7. The third kappa shape index (κ3) is 4.87. The number of carbonyl (C=O) groups is 2. The number of carbonyl (C=O) groups excluding carboxylic acids is 2. The van der Waals surface area contributed by atoms with Crippen LogP contribution in [0.25, 0.3) is 17.0 Å². The van der Waals surface area contributed by atoms with Crippen LogP contribution < -0.4 is 5.32 Å². The first-order chi connectivity index (χ1) is 15.3. The molecule has 2 aromatic carbocycles.